The number of carbonyl (C=O) groups is 2. The van der Waals surface area contributed by atoms with Crippen molar-refractivity contribution in [3.8, 4) is 0 Å². The lowest BCUT2D eigenvalue weighted by atomic mass is 10.1. The Morgan fingerprint density at radius 1 is 1.10 bits per heavy atom. The van der Waals surface area contributed by atoms with Gasteiger partial charge in [0.2, 0.25) is 0 Å². The number of nitrogens with zero attached hydrogens (tertiary/aromatic N) is 1. The van der Waals surface area contributed by atoms with Crippen LogP contribution in [-0.2, 0) is 9.59 Å². The van der Waals surface area contributed by atoms with Crippen LogP contribution in [0.25, 0.3) is 0 Å². The van der Waals surface area contributed by atoms with Crippen molar-refractivity contribution >= 4 is 17.5 Å². The summed E-state index contributed by atoms with van der Waals surface area (Å²) in [6.07, 6.45) is 4.02. The van der Waals surface area contributed by atoms with Gasteiger partial charge in [-0.15, -0.1) is 0 Å². The second-order valence-electron chi connectivity index (χ2n) is 4.93. The highest BCUT2D eigenvalue weighted by atomic mass is 16.2. The molecule has 1 fully saturated rings. The summed E-state index contributed by atoms with van der Waals surface area (Å²) in [6, 6.07) is 9.29. The summed E-state index contributed by atoms with van der Waals surface area (Å²) in [5, 5.41) is 6.63. The molecule has 0 aliphatic heterocycles. The molecule has 2 amide bonds. The number of hydrogen-bond acceptors (Lipinski definition) is 3. The van der Waals surface area contributed by atoms with Gasteiger partial charge < -0.3 is 5.32 Å². The Morgan fingerprint density at radius 2 is 1.75 bits per heavy atom. The molecule has 5 nitrogen and oxygen atoms in total. The maximum atomic E-state index is 11.7. The Morgan fingerprint density at radius 3 is 2.40 bits per heavy atom. The molecule has 2 N–H and O–H groups in total. The molecular weight excluding hydrogens is 254 g/mol. The molecule has 0 aromatic heterocycles. The van der Waals surface area contributed by atoms with E-state index in [9.17, 15) is 9.59 Å². The van der Waals surface area contributed by atoms with E-state index < -0.39 is 11.8 Å². The van der Waals surface area contributed by atoms with Crippen molar-refractivity contribution in [2.75, 3.05) is 0 Å². The highest BCUT2D eigenvalue weighted by Gasteiger charge is 2.17. The highest BCUT2D eigenvalue weighted by molar-refractivity contribution is 6.35. The quantitative estimate of drug-likeness (QED) is 0.652. The number of rotatable bonds is 3. The van der Waals surface area contributed by atoms with Crippen LogP contribution in [0.3, 0.4) is 0 Å². The van der Waals surface area contributed by atoms with Crippen LogP contribution in [0.5, 0.6) is 0 Å². The van der Waals surface area contributed by atoms with E-state index in [0.29, 0.717) is 0 Å². The van der Waals surface area contributed by atoms with Gasteiger partial charge in [0.25, 0.3) is 0 Å². The average Bonchev–Trinajstić information content (AvgIpc) is 2.98. The molecule has 106 valence electrons. The molecule has 1 aliphatic carbocycles. The SMILES string of the molecule is C[C@@H](NC(=O)C(=O)NN=C1CCCC1)c1ccccc1. The van der Waals surface area contributed by atoms with Crippen molar-refractivity contribution < 1.29 is 9.59 Å². The second-order valence-corrected chi connectivity index (χ2v) is 4.93. The van der Waals surface area contributed by atoms with E-state index in [2.05, 4.69) is 15.8 Å². The lowest BCUT2D eigenvalue weighted by Gasteiger charge is -2.13. The van der Waals surface area contributed by atoms with Crippen LogP contribution in [0.4, 0.5) is 0 Å². The van der Waals surface area contributed by atoms with Gasteiger partial charge in [0.15, 0.2) is 0 Å². The summed E-state index contributed by atoms with van der Waals surface area (Å²) >= 11 is 0. The van der Waals surface area contributed by atoms with Gasteiger partial charge in [-0.1, -0.05) is 30.3 Å². The van der Waals surface area contributed by atoms with Gasteiger partial charge in [0.1, 0.15) is 0 Å². The fourth-order valence-electron chi connectivity index (χ4n) is 2.16. The Balaban J connectivity index is 1.84. The standard InChI is InChI=1S/C15H19N3O2/c1-11(12-7-3-2-4-8-12)16-14(19)15(20)18-17-13-9-5-6-10-13/h2-4,7-8,11H,5-6,9-10H2,1H3,(H,16,19)(H,18,20)/t11-/m1/s1. The summed E-state index contributed by atoms with van der Waals surface area (Å²) in [6.45, 7) is 1.84. The summed E-state index contributed by atoms with van der Waals surface area (Å²) in [4.78, 5) is 23.4. The number of carbonyl (C=O) groups excluding carboxylic acids is 2. The first-order valence-electron chi connectivity index (χ1n) is 6.88. The van der Waals surface area contributed by atoms with Crippen LogP contribution in [0.15, 0.2) is 35.4 Å². The third-order valence-electron chi connectivity index (χ3n) is 3.35. The molecule has 0 spiro atoms. The van der Waals surface area contributed by atoms with Crippen molar-refractivity contribution in [1.82, 2.24) is 10.7 Å². The van der Waals surface area contributed by atoms with Crippen LogP contribution in [0.2, 0.25) is 0 Å². The van der Waals surface area contributed by atoms with Gasteiger partial charge in [-0.05, 0) is 38.2 Å². The van der Waals surface area contributed by atoms with Crippen molar-refractivity contribution in [2.24, 2.45) is 5.10 Å². The third kappa shape index (κ3) is 3.91. The van der Waals surface area contributed by atoms with E-state index in [1.807, 2.05) is 37.3 Å². The molecule has 0 heterocycles. The van der Waals surface area contributed by atoms with Gasteiger partial charge in [-0.25, -0.2) is 5.43 Å². The molecule has 2 rings (SSSR count). The molecular formula is C15H19N3O2. The average molecular weight is 273 g/mol. The van der Waals surface area contributed by atoms with Crippen molar-refractivity contribution in [3.63, 3.8) is 0 Å². The number of amides is 2. The predicted octanol–water partition coefficient (Wildman–Crippen LogP) is 1.91. The van der Waals surface area contributed by atoms with Crippen LogP contribution >= 0.6 is 0 Å². The van der Waals surface area contributed by atoms with E-state index >= 15 is 0 Å². The summed E-state index contributed by atoms with van der Waals surface area (Å²) in [5.41, 5.74) is 4.23. The molecule has 1 saturated carbocycles. The van der Waals surface area contributed by atoms with E-state index in [1.165, 1.54) is 0 Å². The normalized spacial score (nSPS) is 15.6. The monoisotopic (exact) mass is 273 g/mol. The van der Waals surface area contributed by atoms with Crippen molar-refractivity contribution in [2.45, 2.75) is 38.6 Å². The molecule has 1 aromatic carbocycles. The van der Waals surface area contributed by atoms with E-state index in [-0.39, 0.29) is 6.04 Å². The molecule has 0 unspecified atom stereocenters. The highest BCUT2D eigenvalue weighted by Crippen LogP contribution is 2.14. The zero-order chi connectivity index (χ0) is 14.4. The fourth-order valence-corrected chi connectivity index (χ4v) is 2.16. The fraction of sp³-hybridized carbons (Fsp3) is 0.400. The van der Waals surface area contributed by atoms with E-state index in [4.69, 9.17) is 0 Å². The van der Waals surface area contributed by atoms with Gasteiger partial charge in [0.05, 0.1) is 6.04 Å². The maximum absolute atomic E-state index is 11.7. The number of benzene rings is 1. The second kappa shape index (κ2) is 6.84. The lowest BCUT2D eigenvalue weighted by molar-refractivity contribution is -0.139. The van der Waals surface area contributed by atoms with Crippen LogP contribution < -0.4 is 10.7 Å². The molecule has 0 radical (unpaired) electrons. The molecule has 1 aromatic rings. The van der Waals surface area contributed by atoms with E-state index in [1.54, 1.807) is 0 Å². The molecule has 1 atom stereocenters. The molecule has 20 heavy (non-hydrogen) atoms. The molecule has 5 heteroatoms. The summed E-state index contributed by atoms with van der Waals surface area (Å²) in [5.74, 6) is -1.38. The maximum Gasteiger partial charge on any atom is 0.329 e. The molecule has 0 saturated heterocycles. The zero-order valence-corrected chi connectivity index (χ0v) is 11.6. The first-order valence-corrected chi connectivity index (χ1v) is 6.88. The van der Waals surface area contributed by atoms with Crippen molar-refractivity contribution in [3.05, 3.63) is 35.9 Å². The van der Waals surface area contributed by atoms with E-state index in [0.717, 1.165) is 37.0 Å². The van der Waals surface area contributed by atoms with Gasteiger partial charge >= 0.3 is 11.8 Å². The lowest BCUT2D eigenvalue weighted by Crippen LogP contribution is -2.39. The minimum Gasteiger partial charge on any atom is -0.341 e. The number of nitrogens with one attached hydrogen (secondary N) is 2. The predicted molar refractivity (Wildman–Crippen MR) is 77.0 cm³/mol. The third-order valence-corrected chi connectivity index (χ3v) is 3.35. The minimum atomic E-state index is -0.716. The van der Waals surface area contributed by atoms with Crippen LogP contribution in [0.1, 0.15) is 44.2 Å². The van der Waals surface area contributed by atoms with Crippen LogP contribution in [0, 0.1) is 0 Å². The zero-order valence-electron chi connectivity index (χ0n) is 11.6. The Hall–Kier alpha value is -2.17. The Bertz CT molecular complexity index is 503. The Kier molecular flexibility index (Phi) is 4.87. The molecule has 1 aliphatic rings. The first-order chi connectivity index (χ1) is 9.66. The number of hydrazone groups is 1. The first kappa shape index (κ1) is 14.2. The topological polar surface area (TPSA) is 70.6 Å². The Labute approximate surface area is 118 Å². The van der Waals surface area contributed by atoms with Crippen LogP contribution in [-0.4, -0.2) is 17.5 Å². The molecule has 0 bridgehead atoms. The smallest absolute Gasteiger partial charge is 0.329 e. The van der Waals surface area contributed by atoms with Gasteiger partial charge in [-0.3, -0.25) is 9.59 Å². The van der Waals surface area contributed by atoms with Crippen molar-refractivity contribution in [1.29, 1.82) is 0 Å². The largest absolute Gasteiger partial charge is 0.341 e. The number of hydrogen-bond donors (Lipinski definition) is 2. The summed E-state index contributed by atoms with van der Waals surface area (Å²) in [7, 11) is 0. The van der Waals surface area contributed by atoms with Gasteiger partial charge in [-0.2, -0.15) is 5.10 Å². The summed E-state index contributed by atoms with van der Waals surface area (Å²) < 4.78 is 0. The minimum absolute atomic E-state index is 0.214. The van der Waals surface area contributed by atoms with Gasteiger partial charge in [0, 0.05) is 5.71 Å².